The van der Waals surface area contributed by atoms with E-state index in [0.29, 0.717) is 36.5 Å². The average Bonchev–Trinajstić information content (AvgIpc) is 3.71. The van der Waals surface area contributed by atoms with E-state index in [9.17, 15) is 27.6 Å². The second-order valence-electron chi connectivity index (χ2n) is 13.9. The van der Waals surface area contributed by atoms with Crippen LogP contribution in [0.15, 0.2) is 70.2 Å². The first-order chi connectivity index (χ1) is 23.8. The van der Waals surface area contributed by atoms with Crippen LogP contribution in [0.5, 0.6) is 5.75 Å². The van der Waals surface area contributed by atoms with E-state index in [1.807, 2.05) is 12.1 Å². The summed E-state index contributed by atoms with van der Waals surface area (Å²) in [5.74, 6) is 0.448. The Morgan fingerprint density at radius 1 is 0.922 bits per heavy atom. The Kier molecular flexibility index (Phi) is 10.4. The number of rotatable bonds is 6. The molecular formula is C36H38F3N5O7. The largest absolute Gasteiger partial charge is 0.485 e. The van der Waals surface area contributed by atoms with Crippen LogP contribution in [0.4, 0.5) is 22.8 Å². The summed E-state index contributed by atoms with van der Waals surface area (Å²) in [6, 6.07) is 14.1. The van der Waals surface area contributed by atoms with Gasteiger partial charge in [-0.3, -0.25) is 10.1 Å². The molecule has 4 aromatic rings. The van der Waals surface area contributed by atoms with Crippen LogP contribution in [0.1, 0.15) is 82.2 Å². The maximum absolute atomic E-state index is 12.8. The van der Waals surface area contributed by atoms with Gasteiger partial charge in [0.2, 0.25) is 17.7 Å². The molecule has 270 valence electrons. The van der Waals surface area contributed by atoms with Crippen LogP contribution in [0.3, 0.4) is 0 Å². The number of amides is 2. The van der Waals surface area contributed by atoms with Crippen molar-refractivity contribution in [3.05, 3.63) is 77.7 Å². The fourth-order valence-corrected chi connectivity index (χ4v) is 5.22. The molecule has 0 spiro atoms. The van der Waals surface area contributed by atoms with E-state index in [2.05, 4.69) is 20.4 Å². The fourth-order valence-electron chi connectivity index (χ4n) is 5.22. The zero-order chi connectivity index (χ0) is 37.1. The number of nitrogens with one attached hydrogen (secondary N) is 1. The lowest BCUT2D eigenvalue weighted by Crippen LogP contribution is -2.46. The van der Waals surface area contributed by atoms with Crippen molar-refractivity contribution in [2.24, 2.45) is 4.99 Å². The molecule has 1 atom stereocenters. The van der Waals surface area contributed by atoms with Crippen molar-refractivity contribution < 1.29 is 46.3 Å². The fraction of sp³-hybridized carbons (Fsp3) is 0.389. The van der Waals surface area contributed by atoms with Crippen LogP contribution in [-0.4, -0.2) is 63.3 Å². The van der Waals surface area contributed by atoms with Crippen LogP contribution in [0.25, 0.3) is 22.2 Å². The molecule has 0 saturated carbocycles. The lowest BCUT2D eigenvalue weighted by Gasteiger charge is -2.27. The summed E-state index contributed by atoms with van der Waals surface area (Å²) in [5, 5.41) is 8.37. The second-order valence-corrected chi connectivity index (χ2v) is 13.9. The smallest absolute Gasteiger partial charge is 0.437 e. The van der Waals surface area contributed by atoms with Gasteiger partial charge in [0.15, 0.2) is 12.4 Å². The minimum atomic E-state index is -4.49. The summed E-state index contributed by atoms with van der Waals surface area (Å²) in [6.45, 7) is 10.3. The van der Waals surface area contributed by atoms with Gasteiger partial charge in [-0.2, -0.15) is 18.2 Å². The van der Waals surface area contributed by atoms with E-state index in [4.69, 9.17) is 18.7 Å². The van der Waals surface area contributed by atoms with Gasteiger partial charge in [0.25, 0.3) is 0 Å². The van der Waals surface area contributed by atoms with E-state index in [1.54, 1.807) is 70.7 Å². The number of aromatic nitrogens is 2. The van der Waals surface area contributed by atoms with E-state index in [1.165, 1.54) is 0 Å². The van der Waals surface area contributed by atoms with Gasteiger partial charge in [-0.25, -0.2) is 9.59 Å². The van der Waals surface area contributed by atoms with Gasteiger partial charge in [0.05, 0.1) is 5.56 Å². The number of hydrogen-bond acceptors (Lipinski definition) is 9. The number of carbonyl (C=O) groups is 3. The first-order valence-corrected chi connectivity index (χ1v) is 16.1. The predicted molar refractivity (Wildman–Crippen MR) is 180 cm³/mol. The summed E-state index contributed by atoms with van der Waals surface area (Å²) < 4.78 is 60.6. The van der Waals surface area contributed by atoms with Gasteiger partial charge in [-0.05, 0) is 95.5 Å². The maximum atomic E-state index is 12.8. The molecule has 1 unspecified atom stereocenters. The normalized spacial score (nSPS) is 15.5. The summed E-state index contributed by atoms with van der Waals surface area (Å²) in [6.07, 6.45) is -4.91. The Morgan fingerprint density at radius 3 is 2.25 bits per heavy atom. The topological polar surface area (TPSA) is 145 Å². The van der Waals surface area contributed by atoms with Gasteiger partial charge in [0.1, 0.15) is 23.0 Å². The molecule has 5 rings (SSSR count). The summed E-state index contributed by atoms with van der Waals surface area (Å²) in [7, 11) is 0. The lowest BCUT2D eigenvalue weighted by atomic mass is 10.1. The molecule has 1 fully saturated rings. The van der Waals surface area contributed by atoms with Crippen molar-refractivity contribution in [2.45, 2.75) is 77.8 Å². The summed E-state index contributed by atoms with van der Waals surface area (Å²) in [5.41, 5.74) is -1.67. The molecule has 1 saturated heterocycles. The highest BCUT2D eigenvalue weighted by Crippen LogP contribution is 2.34. The molecule has 2 amide bonds. The molecule has 1 N–H and O–H groups in total. The Bertz CT molecular complexity index is 1940. The third kappa shape index (κ3) is 9.83. The monoisotopic (exact) mass is 709 g/mol. The van der Waals surface area contributed by atoms with Gasteiger partial charge in [-0.15, -0.1) is 4.99 Å². The lowest BCUT2D eigenvalue weighted by molar-refractivity contribution is -0.137. The molecule has 0 aliphatic carbocycles. The molecule has 51 heavy (non-hydrogen) atoms. The van der Waals surface area contributed by atoms with Gasteiger partial charge in [0, 0.05) is 17.7 Å². The van der Waals surface area contributed by atoms with Crippen molar-refractivity contribution in [1.29, 1.82) is 0 Å². The minimum Gasteiger partial charge on any atom is -0.485 e. The highest BCUT2D eigenvalue weighted by Gasteiger charge is 2.35. The predicted octanol–water partition coefficient (Wildman–Crippen LogP) is 8.12. The van der Waals surface area contributed by atoms with Crippen LogP contribution in [0, 0.1) is 0 Å². The van der Waals surface area contributed by atoms with Gasteiger partial charge >= 0.3 is 18.4 Å². The highest BCUT2D eigenvalue weighted by molar-refractivity contribution is 5.99. The van der Waals surface area contributed by atoms with E-state index < -0.39 is 47.0 Å². The number of alkyl halides is 3. The average molecular weight is 710 g/mol. The number of hydrogen-bond donors (Lipinski definition) is 1. The van der Waals surface area contributed by atoms with Crippen LogP contribution in [0.2, 0.25) is 0 Å². The zero-order valence-corrected chi connectivity index (χ0v) is 29.0. The zero-order valence-electron chi connectivity index (χ0n) is 29.0. The van der Waals surface area contributed by atoms with Crippen molar-refractivity contribution in [2.75, 3.05) is 13.2 Å². The molecule has 12 nitrogen and oxygen atoms in total. The number of alkyl carbamates (subject to hydrolysis) is 1. The van der Waals surface area contributed by atoms with Crippen LogP contribution >= 0.6 is 0 Å². The number of carbonyl (C=O) groups excluding carboxylic acids is 3. The molecule has 2 heterocycles. The molecule has 3 aromatic carbocycles. The van der Waals surface area contributed by atoms with E-state index in [0.717, 1.165) is 35.0 Å². The van der Waals surface area contributed by atoms with Crippen LogP contribution < -0.4 is 10.1 Å². The Morgan fingerprint density at radius 2 is 1.59 bits per heavy atom. The number of Topliss-reactive ketones (excluding diaryl/α,β-unsaturated/α-hetero) is 1. The second kappa shape index (κ2) is 14.4. The number of likely N-dealkylation sites (tertiary alicyclic amines) is 1. The quantitative estimate of drug-likeness (QED) is 0.118. The molecule has 15 heteroatoms. The number of halogens is 3. The summed E-state index contributed by atoms with van der Waals surface area (Å²) in [4.78, 5) is 48.3. The molecular weight excluding hydrogens is 671 g/mol. The third-order valence-corrected chi connectivity index (χ3v) is 7.43. The number of ether oxygens (including phenoxy) is 3. The highest BCUT2D eigenvalue weighted by atomic mass is 19.4. The van der Waals surface area contributed by atoms with Crippen molar-refractivity contribution in [3.8, 4) is 17.1 Å². The number of guanidine groups is 1. The third-order valence-electron chi connectivity index (χ3n) is 7.43. The number of ketones is 1. The molecule has 1 aliphatic rings. The Labute approximate surface area is 292 Å². The SMILES string of the molecule is CC(C)(C)OC(=O)N=C(NC(=O)OC(C)(C)C)N1CCCC1c1nc(-c2ccc3cc(OCC(=O)c4ccc(C(F)(F)F)cc4)ccc3c2)no1. The van der Waals surface area contributed by atoms with Crippen molar-refractivity contribution >= 4 is 34.7 Å². The van der Waals surface area contributed by atoms with Crippen molar-refractivity contribution in [1.82, 2.24) is 20.4 Å². The molecule has 0 bridgehead atoms. The Balaban J connectivity index is 1.29. The number of fused-ring (bicyclic) bond motifs is 1. The Hall–Kier alpha value is -5.47. The number of aliphatic imine (C=N–C) groups is 1. The first kappa shape index (κ1) is 36.8. The molecule has 0 radical (unpaired) electrons. The summed E-state index contributed by atoms with van der Waals surface area (Å²) >= 11 is 0. The standard InChI is InChI=1S/C36H38F3N5O7/c1-34(2,3)49-32(46)41-31(42-33(47)50-35(4,5)6)44-17-7-8-27(44)30-40-29(43-51-30)24-10-9-23-19-26(16-13-22(23)18-24)48-20-28(45)21-11-14-25(15-12-21)36(37,38)39/h9-16,18-19,27H,7-8,17,20H2,1-6H3,(H,41,42,46,47). The minimum absolute atomic E-state index is 0.0643. The van der Waals surface area contributed by atoms with E-state index in [-0.39, 0.29) is 24.0 Å². The number of benzene rings is 3. The molecule has 1 aromatic heterocycles. The molecule has 1 aliphatic heterocycles. The first-order valence-electron chi connectivity index (χ1n) is 16.1. The van der Waals surface area contributed by atoms with E-state index >= 15 is 0 Å². The number of nitrogens with zero attached hydrogens (tertiary/aromatic N) is 4. The van der Waals surface area contributed by atoms with Crippen molar-refractivity contribution in [3.63, 3.8) is 0 Å². The van der Waals surface area contributed by atoms with Crippen LogP contribution in [-0.2, 0) is 15.7 Å². The van der Waals surface area contributed by atoms with Gasteiger partial charge < -0.3 is 23.6 Å². The maximum Gasteiger partial charge on any atom is 0.437 e. The van der Waals surface area contributed by atoms with Gasteiger partial charge in [-0.1, -0.05) is 35.5 Å².